The van der Waals surface area contributed by atoms with Crippen LogP contribution in [0.4, 0.5) is 11.4 Å². The number of aryl methyl sites for hydroxylation is 1. The molecule has 2 aromatic carbocycles. The Morgan fingerprint density at radius 3 is 2.52 bits per heavy atom. The van der Waals surface area contributed by atoms with Crippen molar-refractivity contribution in [3.63, 3.8) is 0 Å². The first-order valence-electron chi connectivity index (χ1n) is 10.2. The van der Waals surface area contributed by atoms with Crippen LogP contribution in [0.5, 0.6) is 0 Å². The number of nitrogens with zero attached hydrogens (tertiary/aromatic N) is 2. The number of nitro groups is 1. The third kappa shape index (κ3) is 3.76. The fraction of sp³-hybridized carbons (Fsp3) is 0.333. The fourth-order valence-corrected chi connectivity index (χ4v) is 4.93. The lowest BCUT2D eigenvalue weighted by Crippen LogP contribution is -2.44. The average Bonchev–Trinajstić information content (AvgIpc) is 2.67. The minimum Gasteiger partial charge on any atom is -0.294 e. The van der Waals surface area contributed by atoms with Crippen LogP contribution in [0.1, 0.15) is 50.2 Å². The number of rotatable bonds is 3. The molecule has 1 aliphatic heterocycles. The third-order valence-corrected chi connectivity index (χ3v) is 6.41. The minimum absolute atomic E-state index is 0.0126. The molecule has 0 fully saturated rings. The van der Waals surface area contributed by atoms with Gasteiger partial charge in [-0.15, -0.1) is 0 Å². The molecule has 0 bridgehead atoms. The number of amides is 1. The Hall–Kier alpha value is -2.99. The highest BCUT2D eigenvalue weighted by molar-refractivity contribution is 6.34. The van der Waals surface area contributed by atoms with Gasteiger partial charge >= 0.3 is 0 Å². The summed E-state index contributed by atoms with van der Waals surface area (Å²) in [5.74, 6) is -0.542. The summed E-state index contributed by atoms with van der Waals surface area (Å²) >= 11 is 6.39. The van der Waals surface area contributed by atoms with Crippen molar-refractivity contribution in [2.45, 2.75) is 46.0 Å². The van der Waals surface area contributed by atoms with Crippen LogP contribution in [0.3, 0.4) is 0 Å². The second-order valence-electron chi connectivity index (χ2n) is 9.04. The van der Waals surface area contributed by atoms with E-state index in [0.717, 1.165) is 11.1 Å². The summed E-state index contributed by atoms with van der Waals surface area (Å²) in [5, 5.41) is 11.6. The molecule has 0 aromatic heterocycles. The first kappa shape index (κ1) is 21.2. The topological polar surface area (TPSA) is 80.5 Å². The number of nitro benzene ring substituents is 1. The van der Waals surface area contributed by atoms with E-state index in [-0.39, 0.29) is 45.8 Å². The number of halogens is 1. The van der Waals surface area contributed by atoms with Gasteiger partial charge in [0.05, 0.1) is 15.6 Å². The van der Waals surface area contributed by atoms with E-state index < -0.39 is 4.92 Å². The molecule has 0 saturated heterocycles. The molecule has 1 aliphatic carbocycles. The first-order valence-corrected chi connectivity index (χ1v) is 10.6. The van der Waals surface area contributed by atoms with Crippen LogP contribution in [-0.4, -0.2) is 16.6 Å². The fourth-order valence-electron chi connectivity index (χ4n) is 4.72. The molecular formula is C24H23ClN2O4. The van der Waals surface area contributed by atoms with Crippen LogP contribution in [0.25, 0.3) is 0 Å². The molecule has 4 rings (SSSR count). The molecule has 7 heteroatoms. The van der Waals surface area contributed by atoms with Crippen LogP contribution >= 0.6 is 11.6 Å². The molecule has 31 heavy (non-hydrogen) atoms. The summed E-state index contributed by atoms with van der Waals surface area (Å²) < 4.78 is 0. The molecule has 0 radical (unpaired) electrons. The number of allylic oxidation sites excluding steroid dienone is 2. The third-order valence-electron chi connectivity index (χ3n) is 6.09. The summed E-state index contributed by atoms with van der Waals surface area (Å²) in [6, 6.07) is 11.8. The predicted octanol–water partition coefficient (Wildman–Crippen LogP) is 5.72. The highest BCUT2D eigenvalue weighted by Crippen LogP contribution is 2.49. The van der Waals surface area contributed by atoms with E-state index in [9.17, 15) is 19.7 Å². The van der Waals surface area contributed by atoms with Crippen molar-refractivity contribution in [1.82, 2.24) is 0 Å². The highest BCUT2D eigenvalue weighted by atomic mass is 35.5. The van der Waals surface area contributed by atoms with E-state index in [4.69, 9.17) is 11.6 Å². The minimum atomic E-state index is -0.518. The van der Waals surface area contributed by atoms with Crippen LogP contribution in [-0.2, 0) is 9.59 Å². The number of non-ortho nitro benzene ring substituents is 1. The van der Waals surface area contributed by atoms with Gasteiger partial charge in [0, 0.05) is 42.2 Å². The Bertz CT molecular complexity index is 1150. The quantitative estimate of drug-likeness (QED) is 0.453. The van der Waals surface area contributed by atoms with Crippen molar-refractivity contribution < 1.29 is 14.5 Å². The van der Waals surface area contributed by atoms with Crippen LogP contribution in [0, 0.1) is 22.5 Å². The van der Waals surface area contributed by atoms with Gasteiger partial charge < -0.3 is 0 Å². The van der Waals surface area contributed by atoms with E-state index in [2.05, 4.69) is 0 Å². The van der Waals surface area contributed by atoms with Crippen LogP contribution in [0.15, 0.2) is 53.7 Å². The summed E-state index contributed by atoms with van der Waals surface area (Å²) in [6.45, 7) is 5.95. The van der Waals surface area contributed by atoms with Gasteiger partial charge in [0.25, 0.3) is 5.69 Å². The largest absolute Gasteiger partial charge is 0.294 e. The second-order valence-corrected chi connectivity index (χ2v) is 9.44. The first-order chi connectivity index (χ1) is 14.6. The van der Waals surface area contributed by atoms with E-state index in [1.54, 1.807) is 0 Å². The van der Waals surface area contributed by atoms with Gasteiger partial charge in [-0.25, -0.2) is 0 Å². The molecule has 1 unspecified atom stereocenters. The van der Waals surface area contributed by atoms with E-state index >= 15 is 0 Å². The lowest BCUT2D eigenvalue weighted by Gasteiger charge is -2.43. The molecule has 0 spiro atoms. The molecule has 0 N–H and O–H groups in total. The van der Waals surface area contributed by atoms with Crippen molar-refractivity contribution >= 4 is 34.7 Å². The molecule has 1 heterocycles. The van der Waals surface area contributed by atoms with E-state index in [1.807, 2.05) is 45.0 Å². The molecule has 0 saturated carbocycles. The monoisotopic (exact) mass is 438 g/mol. The molecule has 2 aliphatic rings. The van der Waals surface area contributed by atoms with Crippen molar-refractivity contribution in [2.75, 3.05) is 4.90 Å². The molecule has 6 nitrogen and oxygen atoms in total. The van der Waals surface area contributed by atoms with Gasteiger partial charge in [-0.2, -0.15) is 0 Å². The van der Waals surface area contributed by atoms with Gasteiger partial charge in [0.15, 0.2) is 5.78 Å². The number of ketones is 1. The molecule has 1 atom stereocenters. The summed E-state index contributed by atoms with van der Waals surface area (Å²) in [6.07, 6.45) is 0.995. The Balaban J connectivity index is 1.95. The summed E-state index contributed by atoms with van der Waals surface area (Å²) in [5.41, 5.74) is 2.96. The summed E-state index contributed by atoms with van der Waals surface area (Å²) in [7, 11) is 0. The number of carbonyl (C=O) groups excluding carboxylic acids is 2. The molecule has 1 amide bonds. The zero-order chi connectivity index (χ0) is 22.5. The Morgan fingerprint density at radius 2 is 1.84 bits per heavy atom. The van der Waals surface area contributed by atoms with Crippen molar-refractivity contribution in [1.29, 1.82) is 0 Å². The molecule has 2 aromatic rings. The molecule has 160 valence electrons. The number of hydrogen-bond donors (Lipinski definition) is 0. The number of hydrogen-bond acceptors (Lipinski definition) is 4. The van der Waals surface area contributed by atoms with Gasteiger partial charge in [0.2, 0.25) is 5.91 Å². The number of anilines is 1. The Labute approximate surface area is 185 Å². The van der Waals surface area contributed by atoms with Gasteiger partial charge in [-0.05, 0) is 36.0 Å². The maximum atomic E-state index is 13.4. The van der Waals surface area contributed by atoms with Gasteiger partial charge in [-0.3, -0.25) is 24.6 Å². The average molecular weight is 439 g/mol. The Morgan fingerprint density at radius 1 is 1.13 bits per heavy atom. The number of carbonyl (C=O) groups is 2. The predicted molar refractivity (Wildman–Crippen MR) is 119 cm³/mol. The smallest absolute Gasteiger partial charge is 0.271 e. The summed E-state index contributed by atoms with van der Waals surface area (Å²) in [4.78, 5) is 39.1. The van der Waals surface area contributed by atoms with E-state index in [0.29, 0.717) is 24.1 Å². The molecular weight excluding hydrogens is 416 g/mol. The SMILES string of the molecule is Cc1ccccc1C1CC(=O)N(c2cc([N+](=O)[O-])ccc2Cl)C2=C1C(=O)CC(C)(C)C2. The van der Waals surface area contributed by atoms with Crippen molar-refractivity contribution in [3.05, 3.63) is 80.0 Å². The highest BCUT2D eigenvalue weighted by Gasteiger charge is 2.45. The van der Waals surface area contributed by atoms with Crippen molar-refractivity contribution in [2.24, 2.45) is 5.41 Å². The lowest BCUT2D eigenvalue weighted by atomic mass is 9.69. The zero-order valence-electron chi connectivity index (χ0n) is 17.6. The maximum absolute atomic E-state index is 13.4. The number of Topliss-reactive ketones (excluding diaryl/α,β-unsaturated/α-hetero) is 1. The Kier molecular flexibility index (Phi) is 5.21. The van der Waals surface area contributed by atoms with Gasteiger partial charge in [-0.1, -0.05) is 49.7 Å². The maximum Gasteiger partial charge on any atom is 0.271 e. The standard InChI is InChI=1S/C24H23ClN2O4/c1-14-6-4-5-7-16(14)17-11-22(29)26(19-10-15(27(30)31)8-9-18(19)25)20-12-24(2,3)13-21(28)23(17)20/h4-10,17H,11-13H2,1-3H3. The van der Waals surface area contributed by atoms with Crippen LogP contribution in [0.2, 0.25) is 5.02 Å². The number of benzene rings is 2. The second kappa shape index (κ2) is 7.61. The normalized spacial score (nSPS) is 20.6. The zero-order valence-corrected chi connectivity index (χ0v) is 18.4. The van der Waals surface area contributed by atoms with Gasteiger partial charge in [0.1, 0.15) is 0 Å². The van der Waals surface area contributed by atoms with Crippen LogP contribution < -0.4 is 4.90 Å². The van der Waals surface area contributed by atoms with E-state index in [1.165, 1.54) is 23.1 Å². The van der Waals surface area contributed by atoms with Crippen molar-refractivity contribution in [3.8, 4) is 0 Å². The lowest BCUT2D eigenvalue weighted by molar-refractivity contribution is -0.384.